The van der Waals surface area contributed by atoms with E-state index in [0.717, 1.165) is 45.3 Å². The van der Waals surface area contributed by atoms with E-state index in [-0.39, 0.29) is 11.9 Å². The first-order valence-electron chi connectivity index (χ1n) is 7.12. The summed E-state index contributed by atoms with van der Waals surface area (Å²) in [4.78, 5) is 16.2. The highest BCUT2D eigenvalue weighted by atomic mass is 16.5. The first-order chi connectivity index (χ1) is 9.29. The highest BCUT2D eigenvalue weighted by Crippen LogP contribution is 2.29. The molecule has 5 heteroatoms. The Morgan fingerprint density at radius 2 is 2.21 bits per heavy atom. The number of imidazole rings is 1. The molecule has 5 nitrogen and oxygen atoms in total. The van der Waals surface area contributed by atoms with Gasteiger partial charge in [-0.05, 0) is 32.4 Å². The Bertz CT molecular complexity index is 463. The zero-order valence-corrected chi connectivity index (χ0v) is 11.4. The predicted molar refractivity (Wildman–Crippen MR) is 70.9 cm³/mol. The van der Waals surface area contributed by atoms with Crippen LogP contribution < -0.4 is 5.32 Å². The second kappa shape index (κ2) is 5.33. The summed E-state index contributed by atoms with van der Waals surface area (Å²) in [6, 6.07) is 0. The molecule has 104 valence electrons. The van der Waals surface area contributed by atoms with E-state index in [1.165, 1.54) is 18.6 Å². The number of esters is 1. The molecule has 0 radical (unpaired) electrons. The molecule has 2 aliphatic rings. The minimum atomic E-state index is -0.0872. The number of piperidine rings is 1. The maximum absolute atomic E-state index is 11.6. The maximum atomic E-state index is 11.6. The summed E-state index contributed by atoms with van der Waals surface area (Å²) in [6.45, 7) is 3.06. The topological polar surface area (TPSA) is 56.2 Å². The molecule has 0 amide bonds. The number of rotatable bonds is 2. The van der Waals surface area contributed by atoms with Crippen LogP contribution in [0.3, 0.4) is 0 Å². The molecule has 1 N–H and O–H groups in total. The van der Waals surface area contributed by atoms with Crippen molar-refractivity contribution in [1.29, 1.82) is 0 Å². The van der Waals surface area contributed by atoms with Crippen molar-refractivity contribution in [3.8, 4) is 0 Å². The lowest BCUT2D eigenvalue weighted by Gasteiger charge is -2.27. The number of methoxy groups -OCH3 is 1. The van der Waals surface area contributed by atoms with Crippen LogP contribution in [0.25, 0.3) is 0 Å². The quantitative estimate of drug-likeness (QED) is 0.811. The van der Waals surface area contributed by atoms with E-state index in [4.69, 9.17) is 4.74 Å². The molecular weight excluding hydrogens is 242 g/mol. The van der Waals surface area contributed by atoms with Crippen LogP contribution in [0, 0.1) is 5.92 Å². The summed E-state index contributed by atoms with van der Waals surface area (Å²) in [7, 11) is 1.47. The largest absolute Gasteiger partial charge is 0.469 e. The molecule has 1 saturated heterocycles. The molecule has 0 aromatic carbocycles. The van der Waals surface area contributed by atoms with Gasteiger partial charge in [-0.2, -0.15) is 0 Å². The van der Waals surface area contributed by atoms with Crippen LogP contribution in [-0.2, 0) is 22.5 Å². The standard InChI is InChI=1S/C14H21N3O2/c1-19-14(18)11-4-7-17-12(8-11)9-16-13(17)10-2-5-15-6-3-10/h9-11,15H,2-8H2,1H3. The summed E-state index contributed by atoms with van der Waals surface area (Å²) in [6.07, 6.45) is 5.92. The van der Waals surface area contributed by atoms with Crippen molar-refractivity contribution in [3.63, 3.8) is 0 Å². The van der Waals surface area contributed by atoms with Gasteiger partial charge in [-0.3, -0.25) is 4.79 Å². The van der Waals surface area contributed by atoms with Gasteiger partial charge in [0, 0.05) is 30.8 Å². The Hall–Kier alpha value is -1.36. The van der Waals surface area contributed by atoms with Crippen molar-refractivity contribution >= 4 is 5.97 Å². The molecule has 0 aliphatic carbocycles. The van der Waals surface area contributed by atoms with Gasteiger partial charge in [-0.15, -0.1) is 0 Å². The smallest absolute Gasteiger partial charge is 0.309 e. The maximum Gasteiger partial charge on any atom is 0.309 e. The minimum Gasteiger partial charge on any atom is -0.469 e. The van der Waals surface area contributed by atoms with Crippen molar-refractivity contribution in [2.45, 2.75) is 38.1 Å². The van der Waals surface area contributed by atoms with Gasteiger partial charge in [0.15, 0.2) is 0 Å². The number of nitrogens with one attached hydrogen (secondary N) is 1. The fourth-order valence-electron chi connectivity index (χ4n) is 3.26. The third-order valence-corrected chi connectivity index (χ3v) is 4.36. The molecular formula is C14H21N3O2. The van der Waals surface area contributed by atoms with Crippen LogP contribution in [0.5, 0.6) is 0 Å². The third kappa shape index (κ3) is 2.39. The summed E-state index contributed by atoms with van der Waals surface area (Å²) >= 11 is 0. The van der Waals surface area contributed by atoms with Crippen LogP contribution in [0.15, 0.2) is 6.20 Å². The number of carbonyl (C=O) groups is 1. The van der Waals surface area contributed by atoms with Crippen LogP contribution >= 0.6 is 0 Å². The number of aromatic nitrogens is 2. The lowest BCUT2D eigenvalue weighted by molar-refractivity contribution is -0.146. The molecule has 19 heavy (non-hydrogen) atoms. The van der Waals surface area contributed by atoms with Crippen molar-refractivity contribution < 1.29 is 9.53 Å². The summed E-state index contributed by atoms with van der Waals surface area (Å²) in [5.74, 6) is 1.72. The number of hydrogen-bond acceptors (Lipinski definition) is 4. The third-order valence-electron chi connectivity index (χ3n) is 4.36. The number of ether oxygens (including phenoxy) is 1. The Balaban J connectivity index is 1.77. The van der Waals surface area contributed by atoms with Crippen LogP contribution in [-0.4, -0.2) is 35.7 Å². The Kier molecular flexibility index (Phi) is 3.55. The molecule has 1 aromatic heterocycles. The summed E-state index contributed by atoms with van der Waals surface area (Å²) in [5.41, 5.74) is 1.19. The average Bonchev–Trinajstić information content (AvgIpc) is 2.90. The van der Waals surface area contributed by atoms with E-state index in [2.05, 4.69) is 14.9 Å². The van der Waals surface area contributed by atoms with Gasteiger partial charge in [-0.1, -0.05) is 0 Å². The summed E-state index contributed by atoms with van der Waals surface area (Å²) < 4.78 is 7.18. The predicted octanol–water partition coefficient (Wildman–Crippen LogP) is 1.09. The molecule has 3 heterocycles. The number of nitrogens with zero attached hydrogens (tertiary/aromatic N) is 2. The molecule has 1 fully saturated rings. The second-order valence-corrected chi connectivity index (χ2v) is 5.50. The van der Waals surface area contributed by atoms with Crippen molar-refractivity contribution in [2.24, 2.45) is 5.92 Å². The Labute approximate surface area is 113 Å². The van der Waals surface area contributed by atoms with E-state index in [9.17, 15) is 4.79 Å². The van der Waals surface area contributed by atoms with E-state index in [1.54, 1.807) is 0 Å². The molecule has 0 saturated carbocycles. The van der Waals surface area contributed by atoms with Crippen molar-refractivity contribution in [2.75, 3.05) is 20.2 Å². The number of carbonyl (C=O) groups excluding carboxylic acids is 1. The van der Waals surface area contributed by atoms with Crippen LogP contribution in [0.2, 0.25) is 0 Å². The first kappa shape index (κ1) is 12.7. The van der Waals surface area contributed by atoms with E-state index in [0.29, 0.717) is 5.92 Å². The zero-order chi connectivity index (χ0) is 13.2. The number of hydrogen-bond donors (Lipinski definition) is 1. The molecule has 1 aromatic rings. The lowest BCUT2D eigenvalue weighted by atomic mass is 9.94. The van der Waals surface area contributed by atoms with Gasteiger partial charge in [-0.25, -0.2) is 4.98 Å². The fourth-order valence-corrected chi connectivity index (χ4v) is 3.26. The van der Waals surface area contributed by atoms with Crippen LogP contribution in [0.1, 0.15) is 36.7 Å². The molecule has 0 spiro atoms. The van der Waals surface area contributed by atoms with Crippen molar-refractivity contribution in [3.05, 3.63) is 17.7 Å². The van der Waals surface area contributed by atoms with Crippen molar-refractivity contribution in [1.82, 2.24) is 14.9 Å². The van der Waals surface area contributed by atoms with E-state index >= 15 is 0 Å². The van der Waals surface area contributed by atoms with Gasteiger partial charge in [0.1, 0.15) is 5.82 Å². The molecule has 0 bridgehead atoms. The van der Waals surface area contributed by atoms with E-state index in [1.807, 2.05) is 6.20 Å². The first-order valence-corrected chi connectivity index (χ1v) is 7.12. The van der Waals surface area contributed by atoms with Gasteiger partial charge in [0.2, 0.25) is 0 Å². The van der Waals surface area contributed by atoms with Crippen LogP contribution in [0.4, 0.5) is 0 Å². The molecule has 1 atom stereocenters. The summed E-state index contributed by atoms with van der Waals surface area (Å²) in [5, 5.41) is 3.39. The Morgan fingerprint density at radius 1 is 1.42 bits per heavy atom. The average molecular weight is 263 g/mol. The molecule has 1 unspecified atom stereocenters. The molecule has 3 rings (SSSR count). The van der Waals surface area contributed by atoms with Gasteiger partial charge >= 0.3 is 5.97 Å². The highest BCUT2D eigenvalue weighted by molar-refractivity contribution is 5.72. The highest BCUT2D eigenvalue weighted by Gasteiger charge is 2.29. The van der Waals surface area contributed by atoms with Gasteiger partial charge < -0.3 is 14.6 Å². The SMILES string of the molecule is COC(=O)C1CCn2c(cnc2C2CCNCC2)C1. The Morgan fingerprint density at radius 3 is 2.95 bits per heavy atom. The van der Waals surface area contributed by atoms with Gasteiger partial charge in [0.05, 0.1) is 13.0 Å². The second-order valence-electron chi connectivity index (χ2n) is 5.50. The lowest BCUT2D eigenvalue weighted by Crippen LogP contribution is -2.30. The fraction of sp³-hybridized carbons (Fsp3) is 0.714. The monoisotopic (exact) mass is 263 g/mol. The number of fused-ring (bicyclic) bond motifs is 1. The minimum absolute atomic E-state index is 0.00933. The normalized spacial score (nSPS) is 23.9. The van der Waals surface area contributed by atoms with E-state index < -0.39 is 0 Å². The van der Waals surface area contributed by atoms with Gasteiger partial charge in [0.25, 0.3) is 0 Å². The molecule has 2 aliphatic heterocycles. The zero-order valence-electron chi connectivity index (χ0n) is 11.4.